The highest BCUT2D eigenvalue weighted by molar-refractivity contribution is 7.99. The minimum absolute atomic E-state index is 0.253. The molecule has 0 bridgehead atoms. The second-order valence-corrected chi connectivity index (χ2v) is 11.8. The van der Waals surface area contributed by atoms with Crippen LogP contribution in [0.25, 0.3) is 21.7 Å². The van der Waals surface area contributed by atoms with Crippen LogP contribution >= 0.6 is 11.8 Å². The quantitative estimate of drug-likeness (QED) is 0.209. The Hall–Kier alpha value is -4.00. The van der Waals surface area contributed by atoms with E-state index in [-0.39, 0.29) is 4.90 Å². The molecule has 188 valence electrons. The van der Waals surface area contributed by atoms with Gasteiger partial charge in [0.05, 0.1) is 23.2 Å². The lowest BCUT2D eigenvalue weighted by molar-refractivity contribution is 0.411. The monoisotopic (exact) mass is 535 g/mol. The van der Waals surface area contributed by atoms with Crippen LogP contribution in [0.4, 0.5) is 0 Å². The minimum atomic E-state index is -3.90. The smallest absolute Gasteiger partial charge is 0.268 e. The van der Waals surface area contributed by atoms with Gasteiger partial charge in [-0.15, -0.1) is 0 Å². The molecule has 38 heavy (non-hydrogen) atoms. The van der Waals surface area contributed by atoms with E-state index >= 15 is 0 Å². The molecule has 0 fully saturated rings. The summed E-state index contributed by atoms with van der Waals surface area (Å²) < 4.78 is 35.9. The molecule has 0 aliphatic heterocycles. The molecule has 0 N–H and O–H groups in total. The van der Waals surface area contributed by atoms with Gasteiger partial charge in [0, 0.05) is 27.2 Å². The Labute approximate surface area is 226 Å². The van der Waals surface area contributed by atoms with Gasteiger partial charge in [-0.2, -0.15) is 0 Å². The Bertz CT molecular complexity index is 1860. The number of hydrogen-bond donors (Lipinski definition) is 0. The number of rotatable bonds is 7. The standard InChI is InChI=1S/C32H25NO3S2/c1-36-31-21-20-23-12-8-9-17-26(23)28(31)22-30-32(37-24-13-4-2-5-14-24)27-18-10-11-19-29(27)33(30)38(34,35)25-15-6-3-7-16-25/h2-21H,22H2,1H3. The summed E-state index contributed by atoms with van der Waals surface area (Å²) in [5.41, 5.74) is 2.32. The summed E-state index contributed by atoms with van der Waals surface area (Å²) >= 11 is 1.59. The van der Waals surface area contributed by atoms with Crippen LogP contribution in [-0.4, -0.2) is 19.5 Å². The second-order valence-electron chi connectivity index (χ2n) is 8.93. The van der Waals surface area contributed by atoms with Crippen LogP contribution in [-0.2, 0) is 16.4 Å². The molecule has 1 aromatic heterocycles. The van der Waals surface area contributed by atoms with Gasteiger partial charge in [-0.1, -0.05) is 96.7 Å². The van der Waals surface area contributed by atoms with Crippen molar-refractivity contribution in [3.05, 3.63) is 133 Å². The first kappa shape index (κ1) is 24.3. The highest BCUT2D eigenvalue weighted by atomic mass is 32.2. The molecule has 6 heteroatoms. The van der Waals surface area contributed by atoms with Gasteiger partial charge < -0.3 is 4.74 Å². The van der Waals surface area contributed by atoms with E-state index < -0.39 is 10.0 Å². The molecule has 6 aromatic rings. The molecule has 6 rings (SSSR count). The van der Waals surface area contributed by atoms with Crippen LogP contribution in [0.15, 0.2) is 136 Å². The Kier molecular flexibility index (Phi) is 6.44. The maximum Gasteiger partial charge on any atom is 0.268 e. The molecule has 0 unspecified atom stereocenters. The average Bonchev–Trinajstić information content (AvgIpc) is 3.27. The third-order valence-corrected chi connectivity index (χ3v) is 9.61. The zero-order valence-corrected chi connectivity index (χ0v) is 22.4. The van der Waals surface area contributed by atoms with E-state index in [1.807, 2.05) is 84.9 Å². The van der Waals surface area contributed by atoms with Crippen molar-refractivity contribution in [3.63, 3.8) is 0 Å². The summed E-state index contributed by atoms with van der Waals surface area (Å²) in [4.78, 5) is 2.21. The minimum Gasteiger partial charge on any atom is -0.496 e. The van der Waals surface area contributed by atoms with Crippen LogP contribution in [0, 0.1) is 0 Å². The average molecular weight is 536 g/mol. The number of aromatic nitrogens is 1. The van der Waals surface area contributed by atoms with Gasteiger partial charge in [0.25, 0.3) is 10.0 Å². The van der Waals surface area contributed by atoms with Crippen molar-refractivity contribution in [2.75, 3.05) is 7.11 Å². The largest absolute Gasteiger partial charge is 0.496 e. The van der Waals surface area contributed by atoms with E-state index in [0.717, 1.165) is 37.3 Å². The van der Waals surface area contributed by atoms with Crippen LogP contribution in [0.5, 0.6) is 5.75 Å². The number of benzene rings is 5. The highest BCUT2D eigenvalue weighted by Gasteiger charge is 2.28. The summed E-state index contributed by atoms with van der Waals surface area (Å²) in [7, 11) is -2.24. The lowest BCUT2D eigenvalue weighted by Crippen LogP contribution is -2.16. The number of fused-ring (bicyclic) bond motifs is 2. The predicted octanol–water partition coefficient (Wildman–Crippen LogP) is 7.78. The maximum absolute atomic E-state index is 14.3. The van der Waals surface area contributed by atoms with E-state index in [1.165, 1.54) is 3.97 Å². The van der Waals surface area contributed by atoms with E-state index in [1.54, 1.807) is 43.1 Å². The summed E-state index contributed by atoms with van der Waals surface area (Å²) in [5.74, 6) is 0.730. The molecule has 0 aliphatic carbocycles. The molecule has 0 saturated heterocycles. The zero-order chi connectivity index (χ0) is 26.1. The fraction of sp³-hybridized carbons (Fsp3) is 0.0625. The lowest BCUT2D eigenvalue weighted by Gasteiger charge is -2.16. The number of methoxy groups -OCH3 is 1. The Balaban J connectivity index is 1.68. The molecule has 0 aliphatic rings. The van der Waals surface area contributed by atoms with E-state index in [0.29, 0.717) is 17.6 Å². The first-order valence-electron chi connectivity index (χ1n) is 12.3. The Morgan fingerprint density at radius 1 is 0.711 bits per heavy atom. The SMILES string of the molecule is COc1ccc2ccccc2c1Cc1c(Sc2ccccc2)c2ccccc2n1S(=O)(=O)c1ccccc1. The van der Waals surface area contributed by atoms with Crippen LogP contribution < -0.4 is 4.74 Å². The van der Waals surface area contributed by atoms with Crippen molar-refractivity contribution >= 4 is 43.5 Å². The molecule has 0 spiro atoms. The summed E-state index contributed by atoms with van der Waals surface area (Å²) in [6, 6.07) is 38.6. The second kappa shape index (κ2) is 10.0. The van der Waals surface area contributed by atoms with Gasteiger partial charge in [0.2, 0.25) is 0 Å². The fourth-order valence-corrected chi connectivity index (χ4v) is 7.66. The van der Waals surface area contributed by atoms with Crippen molar-refractivity contribution < 1.29 is 13.2 Å². The van der Waals surface area contributed by atoms with Crippen molar-refractivity contribution in [3.8, 4) is 5.75 Å². The van der Waals surface area contributed by atoms with Gasteiger partial charge in [-0.25, -0.2) is 12.4 Å². The molecular weight excluding hydrogens is 510 g/mol. The first-order chi connectivity index (χ1) is 18.6. The summed E-state index contributed by atoms with van der Waals surface area (Å²) in [6.45, 7) is 0. The molecule has 1 heterocycles. The predicted molar refractivity (Wildman–Crippen MR) is 155 cm³/mol. The maximum atomic E-state index is 14.3. The van der Waals surface area contributed by atoms with Crippen LogP contribution in [0.1, 0.15) is 11.3 Å². The normalized spacial score (nSPS) is 11.7. The van der Waals surface area contributed by atoms with Gasteiger partial charge in [-0.05, 0) is 47.2 Å². The zero-order valence-electron chi connectivity index (χ0n) is 20.7. The number of nitrogens with zero attached hydrogens (tertiary/aromatic N) is 1. The van der Waals surface area contributed by atoms with E-state index in [2.05, 4.69) is 12.1 Å². The molecule has 4 nitrogen and oxygen atoms in total. The Morgan fingerprint density at radius 3 is 2.08 bits per heavy atom. The molecule has 0 atom stereocenters. The van der Waals surface area contributed by atoms with Crippen molar-refractivity contribution in [2.45, 2.75) is 21.1 Å². The summed E-state index contributed by atoms with van der Waals surface area (Å²) in [6.07, 6.45) is 0.375. The number of para-hydroxylation sites is 1. The van der Waals surface area contributed by atoms with Gasteiger partial charge >= 0.3 is 0 Å². The van der Waals surface area contributed by atoms with Crippen LogP contribution in [0.2, 0.25) is 0 Å². The van der Waals surface area contributed by atoms with Gasteiger partial charge in [0.15, 0.2) is 0 Å². The number of ether oxygens (including phenoxy) is 1. The number of hydrogen-bond acceptors (Lipinski definition) is 4. The molecule has 0 radical (unpaired) electrons. The van der Waals surface area contributed by atoms with Gasteiger partial charge in [-0.3, -0.25) is 0 Å². The third kappa shape index (κ3) is 4.26. The van der Waals surface area contributed by atoms with E-state index in [4.69, 9.17) is 4.74 Å². The lowest BCUT2D eigenvalue weighted by atomic mass is 9.99. The van der Waals surface area contributed by atoms with Crippen molar-refractivity contribution in [2.24, 2.45) is 0 Å². The fourth-order valence-electron chi connectivity index (χ4n) is 4.94. The van der Waals surface area contributed by atoms with Crippen molar-refractivity contribution in [1.82, 2.24) is 3.97 Å². The first-order valence-corrected chi connectivity index (χ1v) is 14.5. The third-order valence-electron chi connectivity index (χ3n) is 6.68. The van der Waals surface area contributed by atoms with E-state index in [9.17, 15) is 8.42 Å². The molecule has 5 aromatic carbocycles. The highest BCUT2D eigenvalue weighted by Crippen LogP contribution is 2.42. The molecule has 0 saturated carbocycles. The topological polar surface area (TPSA) is 48.3 Å². The Morgan fingerprint density at radius 2 is 1.34 bits per heavy atom. The summed E-state index contributed by atoms with van der Waals surface area (Å²) in [5, 5.41) is 3.01. The van der Waals surface area contributed by atoms with Crippen LogP contribution in [0.3, 0.4) is 0 Å². The van der Waals surface area contributed by atoms with Crippen molar-refractivity contribution in [1.29, 1.82) is 0 Å². The molecule has 0 amide bonds. The molecular formula is C32H25NO3S2. The van der Waals surface area contributed by atoms with Gasteiger partial charge in [0.1, 0.15) is 5.75 Å².